The zero-order chi connectivity index (χ0) is 11.7. The summed E-state index contributed by atoms with van der Waals surface area (Å²) in [6.45, 7) is 2.07. The number of nitrogens with one attached hydrogen (secondary N) is 1. The fraction of sp³-hybridized carbons (Fsp3) is 0.333. The van der Waals surface area contributed by atoms with Crippen LogP contribution in [0.4, 0.5) is 0 Å². The Balaban J connectivity index is 1.79. The molecule has 1 fully saturated rings. The van der Waals surface area contributed by atoms with E-state index in [-0.39, 0.29) is 0 Å². The summed E-state index contributed by atoms with van der Waals surface area (Å²) in [4.78, 5) is 4.38. The van der Waals surface area contributed by atoms with Crippen LogP contribution in [-0.2, 0) is 6.42 Å². The zero-order valence-corrected chi connectivity index (χ0v) is 9.94. The number of hydrogen-bond donors (Lipinski definition) is 1. The third kappa shape index (κ3) is 2.33. The molecular weight excluding hydrogens is 238 g/mol. The Bertz CT molecular complexity index is 522. The number of hydrogen-bond acceptors (Lipinski definition) is 4. The molecule has 4 nitrogen and oxygen atoms in total. The molecule has 0 unspecified atom stereocenters. The van der Waals surface area contributed by atoms with Gasteiger partial charge >= 0.3 is 0 Å². The van der Waals surface area contributed by atoms with Gasteiger partial charge in [-0.2, -0.15) is 4.98 Å². The van der Waals surface area contributed by atoms with E-state index in [9.17, 15) is 0 Å². The van der Waals surface area contributed by atoms with Gasteiger partial charge in [0.15, 0.2) is 0 Å². The summed E-state index contributed by atoms with van der Waals surface area (Å²) in [6.07, 6.45) is 0.848. The lowest BCUT2D eigenvalue weighted by Crippen LogP contribution is -2.43. The number of halogens is 1. The molecule has 2 aromatic rings. The fourth-order valence-electron chi connectivity index (χ4n) is 1.82. The first-order valence-electron chi connectivity index (χ1n) is 5.60. The predicted octanol–water partition coefficient (Wildman–Crippen LogP) is 2.15. The van der Waals surface area contributed by atoms with Crippen molar-refractivity contribution in [3.05, 3.63) is 35.2 Å². The topological polar surface area (TPSA) is 51.0 Å². The van der Waals surface area contributed by atoms with E-state index in [0.717, 1.165) is 25.1 Å². The minimum Gasteiger partial charge on any atom is -0.339 e. The van der Waals surface area contributed by atoms with Gasteiger partial charge in [0.05, 0.1) is 0 Å². The average Bonchev–Trinajstić information content (AvgIpc) is 2.72. The SMILES string of the molecule is Clc1cccc(-c2noc(CC3CNC3)n2)c1. The van der Waals surface area contributed by atoms with Crippen molar-refractivity contribution in [2.24, 2.45) is 5.92 Å². The van der Waals surface area contributed by atoms with E-state index >= 15 is 0 Å². The van der Waals surface area contributed by atoms with Crippen molar-refractivity contribution >= 4 is 11.6 Å². The van der Waals surface area contributed by atoms with Crippen LogP contribution >= 0.6 is 11.6 Å². The minimum absolute atomic E-state index is 0.606. The van der Waals surface area contributed by atoms with Crippen LogP contribution in [0.5, 0.6) is 0 Å². The highest BCUT2D eigenvalue weighted by molar-refractivity contribution is 6.30. The van der Waals surface area contributed by atoms with E-state index in [1.54, 1.807) is 0 Å². The lowest BCUT2D eigenvalue weighted by molar-refractivity contribution is 0.296. The van der Waals surface area contributed by atoms with Crippen molar-refractivity contribution in [1.82, 2.24) is 15.5 Å². The lowest BCUT2D eigenvalue weighted by atomic mass is 10.00. The van der Waals surface area contributed by atoms with Crippen LogP contribution in [0.1, 0.15) is 5.89 Å². The molecule has 1 aliphatic heterocycles. The molecule has 5 heteroatoms. The van der Waals surface area contributed by atoms with Crippen LogP contribution in [-0.4, -0.2) is 23.2 Å². The van der Waals surface area contributed by atoms with E-state index < -0.39 is 0 Å². The maximum Gasteiger partial charge on any atom is 0.227 e. The summed E-state index contributed by atoms with van der Waals surface area (Å²) in [6, 6.07) is 7.46. The molecule has 1 aromatic heterocycles. The molecule has 1 aromatic carbocycles. The van der Waals surface area contributed by atoms with Crippen LogP contribution in [0.25, 0.3) is 11.4 Å². The summed E-state index contributed by atoms with van der Waals surface area (Å²) in [5.74, 6) is 1.93. The first-order valence-corrected chi connectivity index (χ1v) is 5.98. The van der Waals surface area contributed by atoms with Crippen LogP contribution < -0.4 is 5.32 Å². The molecular formula is C12H12ClN3O. The van der Waals surface area contributed by atoms with Crippen molar-refractivity contribution in [2.45, 2.75) is 6.42 Å². The first kappa shape index (κ1) is 10.7. The monoisotopic (exact) mass is 249 g/mol. The highest BCUT2D eigenvalue weighted by Gasteiger charge is 2.20. The highest BCUT2D eigenvalue weighted by Crippen LogP contribution is 2.21. The van der Waals surface area contributed by atoms with Crippen molar-refractivity contribution in [3.8, 4) is 11.4 Å². The van der Waals surface area contributed by atoms with Gasteiger partial charge in [0.25, 0.3) is 0 Å². The second-order valence-corrected chi connectivity index (χ2v) is 4.69. The molecule has 88 valence electrons. The summed E-state index contributed by atoms with van der Waals surface area (Å²) in [7, 11) is 0. The standard InChI is InChI=1S/C12H12ClN3O/c13-10-3-1-2-9(5-10)12-15-11(17-16-12)4-8-6-14-7-8/h1-3,5,8,14H,4,6-7H2. The molecule has 0 radical (unpaired) electrons. The summed E-state index contributed by atoms with van der Waals surface area (Å²) in [5, 5.41) is 7.87. The molecule has 3 rings (SSSR count). The molecule has 1 N–H and O–H groups in total. The quantitative estimate of drug-likeness (QED) is 0.906. The Labute approximate surface area is 104 Å². The van der Waals surface area contributed by atoms with E-state index in [4.69, 9.17) is 16.1 Å². The molecule has 0 atom stereocenters. The Morgan fingerprint density at radius 2 is 2.29 bits per heavy atom. The Morgan fingerprint density at radius 1 is 1.41 bits per heavy atom. The third-order valence-electron chi connectivity index (χ3n) is 2.88. The molecule has 2 heterocycles. The van der Waals surface area contributed by atoms with Crippen LogP contribution in [0.3, 0.4) is 0 Å². The molecule has 0 aliphatic carbocycles. The van der Waals surface area contributed by atoms with E-state index in [2.05, 4.69) is 15.5 Å². The minimum atomic E-state index is 0.606. The fourth-order valence-corrected chi connectivity index (χ4v) is 2.01. The number of rotatable bonds is 3. The maximum absolute atomic E-state index is 5.92. The first-order chi connectivity index (χ1) is 8.31. The van der Waals surface area contributed by atoms with Gasteiger partial charge in [-0.05, 0) is 31.1 Å². The Kier molecular flexibility index (Phi) is 2.82. The normalized spacial score (nSPS) is 15.8. The van der Waals surface area contributed by atoms with E-state index in [1.165, 1.54) is 0 Å². The molecule has 1 aliphatic rings. The molecule has 0 saturated carbocycles. The summed E-state index contributed by atoms with van der Waals surface area (Å²) in [5.41, 5.74) is 0.888. The van der Waals surface area contributed by atoms with Crippen molar-refractivity contribution < 1.29 is 4.52 Å². The smallest absolute Gasteiger partial charge is 0.227 e. The summed E-state index contributed by atoms with van der Waals surface area (Å²) < 4.78 is 5.23. The van der Waals surface area contributed by atoms with E-state index in [0.29, 0.717) is 22.7 Å². The van der Waals surface area contributed by atoms with Gasteiger partial charge in [-0.1, -0.05) is 28.9 Å². The van der Waals surface area contributed by atoms with Crippen LogP contribution in [0.2, 0.25) is 5.02 Å². The predicted molar refractivity (Wildman–Crippen MR) is 64.8 cm³/mol. The lowest BCUT2D eigenvalue weighted by Gasteiger charge is -2.25. The van der Waals surface area contributed by atoms with Gasteiger partial charge < -0.3 is 9.84 Å². The average molecular weight is 250 g/mol. The van der Waals surface area contributed by atoms with Gasteiger partial charge in [-0.15, -0.1) is 0 Å². The molecule has 0 amide bonds. The number of nitrogens with zero attached hydrogens (tertiary/aromatic N) is 2. The third-order valence-corrected chi connectivity index (χ3v) is 3.12. The van der Waals surface area contributed by atoms with Crippen molar-refractivity contribution in [1.29, 1.82) is 0 Å². The molecule has 17 heavy (non-hydrogen) atoms. The zero-order valence-electron chi connectivity index (χ0n) is 9.19. The second kappa shape index (κ2) is 4.47. The Hall–Kier alpha value is -1.39. The van der Waals surface area contributed by atoms with E-state index in [1.807, 2.05) is 24.3 Å². The second-order valence-electron chi connectivity index (χ2n) is 4.25. The molecule has 1 saturated heterocycles. The van der Waals surface area contributed by atoms with Gasteiger partial charge in [0.1, 0.15) is 0 Å². The number of aromatic nitrogens is 2. The largest absolute Gasteiger partial charge is 0.339 e. The van der Waals surface area contributed by atoms with Crippen molar-refractivity contribution in [2.75, 3.05) is 13.1 Å². The maximum atomic E-state index is 5.92. The summed E-state index contributed by atoms with van der Waals surface area (Å²) >= 11 is 5.92. The molecule has 0 bridgehead atoms. The van der Waals surface area contributed by atoms with Crippen LogP contribution in [0, 0.1) is 5.92 Å². The molecule has 0 spiro atoms. The van der Waals surface area contributed by atoms with Gasteiger partial charge in [-0.25, -0.2) is 0 Å². The van der Waals surface area contributed by atoms with Crippen LogP contribution in [0.15, 0.2) is 28.8 Å². The number of benzene rings is 1. The van der Waals surface area contributed by atoms with Gasteiger partial charge in [-0.3, -0.25) is 0 Å². The van der Waals surface area contributed by atoms with Crippen molar-refractivity contribution in [3.63, 3.8) is 0 Å². The van der Waals surface area contributed by atoms with Gasteiger partial charge in [0.2, 0.25) is 11.7 Å². The van der Waals surface area contributed by atoms with Gasteiger partial charge in [0, 0.05) is 17.0 Å². The Morgan fingerprint density at radius 3 is 3.00 bits per heavy atom. The highest BCUT2D eigenvalue weighted by atomic mass is 35.5.